The molecule has 2 aromatic rings. The van der Waals surface area contributed by atoms with Gasteiger partial charge < -0.3 is 10.6 Å². The van der Waals surface area contributed by atoms with Crippen molar-refractivity contribution in [2.75, 3.05) is 4.90 Å². The van der Waals surface area contributed by atoms with Gasteiger partial charge >= 0.3 is 0 Å². The molecule has 1 heterocycles. The number of fused-ring (bicyclic) bond motifs is 1. The third kappa shape index (κ3) is 1.36. The number of nitrogens with zero attached hydrogens (tertiary/aromatic N) is 1. The van der Waals surface area contributed by atoms with Crippen LogP contribution in [0.1, 0.15) is 6.92 Å². The molecule has 0 spiro atoms. The molecule has 1 aliphatic heterocycles. The van der Waals surface area contributed by atoms with Crippen LogP contribution in [0.15, 0.2) is 42.5 Å². The minimum Gasteiger partial charge on any atom is -0.318 e. The van der Waals surface area contributed by atoms with Crippen LogP contribution >= 0.6 is 0 Å². The van der Waals surface area contributed by atoms with E-state index in [0.717, 1.165) is 16.5 Å². The van der Waals surface area contributed by atoms with E-state index in [0.29, 0.717) is 0 Å². The quantitative estimate of drug-likeness (QED) is 0.755. The topological polar surface area (TPSA) is 46.3 Å². The van der Waals surface area contributed by atoms with E-state index in [2.05, 4.69) is 0 Å². The number of anilines is 1. The van der Waals surface area contributed by atoms with E-state index >= 15 is 0 Å². The van der Waals surface area contributed by atoms with E-state index in [-0.39, 0.29) is 18.0 Å². The summed E-state index contributed by atoms with van der Waals surface area (Å²) in [5.74, 6) is 0.00820. The van der Waals surface area contributed by atoms with Gasteiger partial charge in [0.25, 0.3) is 0 Å². The van der Waals surface area contributed by atoms with E-state index in [1.165, 1.54) is 0 Å². The smallest absolute Gasteiger partial charge is 0.246 e. The average Bonchev–Trinajstić information content (AvgIpc) is 2.39. The zero-order valence-electron chi connectivity index (χ0n) is 9.63. The van der Waals surface area contributed by atoms with E-state index in [4.69, 9.17) is 5.73 Å². The highest BCUT2D eigenvalue weighted by Crippen LogP contribution is 2.33. The van der Waals surface area contributed by atoms with Gasteiger partial charge in [0.15, 0.2) is 0 Å². The molecule has 86 valence electrons. The Kier molecular flexibility index (Phi) is 2.16. The zero-order valence-corrected chi connectivity index (χ0v) is 9.63. The van der Waals surface area contributed by atoms with Crippen LogP contribution in [0.4, 0.5) is 5.69 Å². The molecule has 3 nitrogen and oxygen atoms in total. The second-order valence-electron chi connectivity index (χ2n) is 4.47. The second-order valence-corrected chi connectivity index (χ2v) is 4.47. The number of β-lactam (4-membered cyclic amide) rings is 1. The number of nitrogens with two attached hydrogens (primary N) is 1. The molecule has 0 aliphatic carbocycles. The summed E-state index contributed by atoms with van der Waals surface area (Å²) in [6.45, 7) is 1.98. The van der Waals surface area contributed by atoms with Crippen LogP contribution in [-0.4, -0.2) is 18.0 Å². The highest BCUT2D eigenvalue weighted by atomic mass is 16.2. The van der Waals surface area contributed by atoms with Crippen molar-refractivity contribution >= 4 is 22.4 Å². The summed E-state index contributed by atoms with van der Waals surface area (Å²) in [6, 6.07) is 13.8. The Bertz CT molecular complexity index is 588. The predicted octanol–water partition coefficient (Wildman–Crippen LogP) is 1.90. The largest absolute Gasteiger partial charge is 0.318 e. The Morgan fingerprint density at radius 2 is 1.82 bits per heavy atom. The van der Waals surface area contributed by atoms with Crippen molar-refractivity contribution in [1.82, 2.24) is 0 Å². The lowest BCUT2D eigenvalue weighted by Gasteiger charge is -2.43. The van der Waals surface area contributed by atoms with Gasteiger partial charge in [-0.2, -0.15) is 0 Å². The fourth-order valence-corrected chi connectivity index (χ4v) is 2.40. The highest BCUT2D eigenvalue weighted by molar-refractivity contribution is 6.10. The van der Waals surface area contributed by atoms with Gasteiger partial charge in [-0.05, 0) is 18.4 Å². The molecule has 0 aromatic heterocycles. The molecule has 2 atom stereocenters. The molecule has 17 heavy (non-hydrogen) atoms. The van der Waals surface area contributed by atoms with Gasteiger partial charge in [0.05, 0.1) is 11.7 Å². The molecular formula is C14H14N2O. The van der Waals surface area contributed by atoms with Crippen molar-refractivity contribution < 1.29 is 4.79 Å². The standard InChI is InChI=1S/C14H14N2O/c1-9-13(15)14(17)16(9)12-8-4-6-10-5-2-3-7-11(10)12/h2-9,13H,15H2,1H3/t9-,13+/m1/s1. The average molecular weight is 226 g/mol. The summed E-state index contributed by atoms with van der Waals surface area (Å²) in [5, 5.41) is 2.24. The lowest BCUT2D eigenvalue weighted by atomic mass is 9.95. The van der Waals surface area contributed by atoms with Crippen LogP contribution in [-0.2, 0) is 4.79 Å². The third-order valence-electron chi connectivity index (χ3n) is 3.48. The molecular weight excluding hydrogens is 212 g/mol. The van der Waals surface area contributed by atoms with Gasteiger partial charge in [0.2, 0.25) is 5.91 Å². The number of amides is 1. The number of carbonyl (C=O) groups excluding carboxylic acids is 1. The first-order valence-corrected chi connectivity index (χ1v) is 5.76. The first-order valence-electron chi connectivity index (χ1n) is 5.76. The molecule has 0 radical (unpaired) electrons. The number of hydrogen-bond donors (Lipinski definition) is 1. The molecule has 3 rings (SSSR count). The maximum Gasteiger partial charge on any atom is 0.246 e. The minimum absolute atomic E-state index is 0.00820. The van der Waals surface area contributed by atoms with Crippen molar-refractivity contribution in [3.8, 4) is 0 Å². The molecule has 2 N–H and O–H groups in total. The molecule has 1 aliphatic rings. The summed E-state index contributed by atoms with van der Waals surface area (Å²) in [7, 11) is 0. The molecule has 3 heteroatoms. The van der Waals surface area contributed by atoms with Crippen molar-refractivity contribution in [2.24, 2.45) is 5.73 Å². The summed E-state index contributed by atoms with van der Waals surface area (Å²) in [5.41, 5.74) is 6.71. The predicted molar refractivity (Wildman–Crippen MR) is 68.9 cm³/mol. The normalized spacial score (nSPS) is 23.9. The second kappa shape index (κ2) is 3.57. The minimum atomic E-state index is -0.353. The molecule has 1 saturated heterocycles. The van der Waals surface area contributed by atoms with Crippen LogP contribution < -0.4 is 10.6 Å². The van der Waals surface area contributed by atoms with Crippen LogP contribution in [0.2, 0.25) is 0 Å². The Hall–Kier alpha value is -1.87. The zero-order chi connectivity index (χ0) is 12.0. The monoisotopic (exact) mass is 226 g/mol. The third-order valence-corrected chi connectivity index (χ3v) is 3.48. The van der Waals surface area contributed by atoms with Gasteiger partial charge in [-0.15, -0.1) is 0 Å². The van der Waals surface area contributed by atoms with E-state index in [9.17, 15) is 4.79 Å². The molecule has 1 fully saturated rings. The van der Waals surface area contributed by atoms with Crippen LogP contribution in [0.3, 0.4) is 0 Å². The SMILES string of the molecule is C[C@@H]1[C@H](N)C(=O)N1c1cccc2ccccc12. The Morgan fingerprint density at radius 1 is 1.12 bits per heavy atom. The molecule has 0 bridgehead atoms. The number of carbonyl (C=O) groups is 1. The van der Waals surface area contributed by atoms with Gasteiger partial charge in [-0.3, -0.25) is 4.79 Å². The van der Waals surface area contributed by atoms with E-state index < -0.39 is 0 Å². The molecule has 1 amide bonds. The molecule has 0 saturated carbocycles. The lowest BCUT2D eigenvalue weighted by molar-refractivity contribution is -0.125. The maximum absolute atomic E-state index is 11.8. The summed E-state index contributed by atoms with van der Waals surface area (Å²) in [6.07, 6.45) is 0. The number of rotatable bonds is 1. The fraction of sp³-hybridized carbons (Fsp3) is 0.214. The fourth-order valence-electron chi connectivity index (χ4n) is 2.40. The van der Waals surface area contributed by atoms with Gasteiger partial charge in [-0.25, -0.2) is 0 Å². The van der Waals surface area contributed by atoms with Crippen LogP contribution in [0.5, 0.6) is 0 Å². The lowest BCUT2D eigenvalue weighted by Crippen LogP contribution is -2.67. The van der Waals surface area contributed by atoms with Gasteiger partial charge in [0.1, 0.15) is 6.04 Å². The first-order chi connectivity index (χ1) is 8.20. The van der Waals surface area contributed by atoms with Gasteiger partial charge in [0, 0.05) is 5.39 Å². The van der Waals surface area contributed by atoms with E-state index in [1.54, 1.807) is 4.90 Å². The maximum atomic E-state index is 11.8. The van der Waals surface area contributed by atoms with E-state index in [1.807, 2.05) is 49.4 Å². The Balaban J connectivity index is 2.15. The molecule has 0 unspecified atom stereocenters. The van der Waals surface area contributed by atoms with Crippen molar-refractivity contribution in [2.45, 2.75) is 19.0 Å². The number of benzene rings is 2. The van der Waals surface area contributed by atoms with Crippen molar-refractivity contribution in [3.05, 3.63) is 42.5 Å². The molecule has 2 aromatic carbocycles. The van der Waals surface area contributed by atoms with Crippen LogP contribution in [0.25, 0.3) is 10.8 Å². The van der Waals surface area contributed by atoms with Gasteiger partial charge in [-0.1, -0.05) is 36.4 Å². The summed E-state index contributed by atoms with van der Waals surface area (Å²) in [4.78, 5) is 13.6. The Morgan fingerprint density at radius 3 is 2.59 bits per heavy atom. The van der Waals surface area contributed by atoms with Crippen LogP contribution in [0, 0.1) is 0 Å². The number of hydrogen-bond acceptors (Lipinski definition) is 2. The Labute approximate surface area is 99.8 Å². The first kappa shape index (κ1) is 10.3. The highest BCUT2D eigenvalue weighted by Gasteiger charge is 2.42. The van der Waals surface area contributed by atoms with Crippen molar-refractivity contribution in [1.29, 1.82) is 0 Å². The summed E-state index contributed by atoms with van der Waals surface area (Å²) < 4.78 is 0. The van der Waals surface area contributed by atoms with Crippen molar-refractivity contribution in [3.63, 3.8) is 0 Å². The summed E-state index contributed by atoms with van der Waals surface area (Å²) >= 11 is 0.